The van der Waals surface area contributed by atoms with Crippen LogP contribution in [0.1, 0.15) is 26.3 Å². The van der Waals surface area contributed by atoms with Gasteiger partial charge >= 0.3 is 0 Å². The highest BCUT2D eigenvalue weighted by atomic mass is 79.9. The first-order chi connectivity index (χ1) is 16.0. The van der Waals surface area contributed by atoms with E-state index in [-0.39, 0.29) is 5.11 Å². The standard InChI is InChI=1S/C24H22BrN3O4S/c1-31-21-11-10-18(15-20(21)25)23(30)27-28-24(33)26-22(29)17-8-5-9-19(14-17)32-13-12-16-6-3-2-4-7-16/h2-11,14-15H,12-13H2,1H3,(H,27,30)(H2,26,28,29,33). The first-order valence-electron chi connectivity index (χ1n) is 9.98. The molecule has 0 aliphatic heterocycles. The van der Waals surface area contributed by atoms with Gasteiger partial charge in [0.2, 0.25) is 0 Å². The number of methoxy groups -OCH3 is 1. The van der Waals surface area contributed by atoms with Gasteiger partial charge in [0.15, 0.2) is 5.11 Å². The summed E-state index contributed by atoms with van der Waals surface area (Å²) in [6, 6.07) is 21.7. The fraction of sp³-hybridized carbons (Fsp3) is 0.125. The fourth-order valence-corrected chi connectivity index (χ4v) is 3.54. The summed E-state index contributed by atoms with van der Waals surface area (Å²) in [7, 11) is 1.54. The lowest BCUT2D eigenvalue weighted by atomic mass is 10.2. The number of halogens is 1. The molecule has 33 heavy (non-hydrogen) atoms. The van der Waals surface area contributed by atoms with Crippen LogP contribution in [0.2, 0.25) is 0 Å². The predicted molar refractivity (Wildman–Crippen MR) is 133 cm³/mol. The van der Waals surface area contributed by atoms with Gasteiger partial charge < -0.3 is 9.47 Å². The molecule has 0 unspecified atom stereocenters. The highest BCUT2D eigenvalue weighted by molar-refractivity contribution is 9.10. The molecule has 0 aromatic heterocycles. The zero-order chi connectivity index (χ0) is 23.6. The van der Waals surface area contributed by atoms with Crippen LogP contribution in [0.5, 0.6) is 11.5 Å². The van der Waals surface area contributed by atoms with Gasteiger partial charge in [-0.2, -0.15) is 0 Å². The van der Waals surface area contributed by atoms with E-state index in [0.29, 0.717) is 33.7 Å². The zero-order valence-electron chi connectivity index (χ0n) is 17.8. The highest BCUT2D eigenvalue weighted by Crippen LogP contribution is 2.25. The number of benzene rings is 3. The molecule has 0 saturated heterocycles. The Morgan fingerprint density at radius 2 is 1.67 bits per heavy atom. The van der Waals surface area contributed by atoms with Crippen LogP contribution in [0.4, 0.5) is 0 Å². The number of carbonyl (C=O) groups is 2. The number of rotatable bonds is 7. The van der Waals surface area contributed by atoms with E-state index in [4.69, 9.17) is 21.7 Å². The summed E-state index contributed by atoms with van der Waals surface area (Å²) in [5.41, 5.74) is 6.89. The number of ether oxygens (including phenoxy) is 2. The molecule has 0 aliphatic rings. The third-order valence-electron chi connectivity index (χ3n) is 4.53. The average molecular weight is 528 g/mol. The number of nitrogens with one attached hydrogen (secondary N) is 3. The van der Waals surface area contributed by atoms with Gasteiger partial charge in [-0.05, 0) is 70.1 Å². The van der Waals surface area contributed by atoms with Crippen molar-refractivity contribution in [3.05, 3.63) is 94.0 Å². The second kappa shape index (κ2) is 12.0. The maximum absolute atomic E-state index is 12.5. The largest absolute Gasteiger partial charge is 0.496 e. The molecule has 3 aromatic rings. The van der Waals surface area contributed by atoms with Crippen LogP contribution in [0.15, 0.2) is 77.3 Å². The van der Waals surface area contributed by atoms with E-state index in [1.807, 2.05) is 30.3 Å². The van der Waals surface area contributed by atoms with Crippen molar-refractivity contribution < 1.29 is 19.1 Å². The smallest absolute Gasteiger partial charge is 0.269 e. The summed E-state index contributed by atoms with van der Waals surface area (Å²) in [5.74, 6) is 0.329. The van der Waals surface area contributed by atoms with E-state index in [2.05, 4.69) is 32.1 Å². The maximum Gasteiger partial charge on any atom is 0.269 e. The Bertz CT molecular complexity index is 1140. The number of amides is 2. The van der Waals surface area contributed by atoms with E-state index >= 15 is 0 Å². The second-order valence-electron chi connectivity index (χ2n) is 6.82. The van der Waals surface area contributed by atoms with Crippen LogP contribution < -0.4 is 25.6 Å². The molecule has 0 heterocycles. The molecule has 0 spiro atoms. The van der Waals surface area contributed by atoms with Gasteiger partial charge in [0, 0.05) is 17.5 Å². The normalized spacial score (nSPS) is 10.1. The molecule has 0 atom stereocenters. The van der Waals surface area contributed by atoms with E-state index in [0.717, 1.165) is 6.42 Å². The van der Waals surface area contributed by atoms with Crippen molar-refractivity contribution in [2.75, 3.05) is 13.7 Å². The number of carbonyl (C=O) groups excluding carboxylic acids is 2. The van der Waals surface area contributed by atoms with Crippen molar-refractivity contribution in [3.63, 3.8) is 0 Å². The molecule has 3 N–H and O–H groups in total. The minimum absolute atomic E-state index is 0.0451. The number of hydrogen-bond acceptors (Lipinski definition) is 5. The van der Waals surface area contributed by atoms with Gasteiger partial charge in [-0.1, -0.05) is 36.4 Å². The van der Waals surface area contributed by atoms with Gasteiger partial charge in [0.1, 0.15) is 11.5 Å². The summed E-state index contributed by atoms with van der Waals surface area (Å²) < 4.78 is 11.5. The van der Waals surface area contributed by atoms with Crippen LogP contribution in [-0.2, 0) is 6.42 Å². The van der Waals surface area contributed by atoms with Crippen LogP contribution in [0, 0.1) is 0 Å². The number of hydrogen-bond donors (Lipinski definition) is 3. The molecule has 2 amide bonds. The Morgan fingerprint density at radius 3 is 2.39 bits per heavy atom. The molecular weight excluding hydrogens is 506 g/mol. The molecule has 9 heteroatoms. The van der Waals surface area contributed by atoms with Gasteiger partial charge in [0.25, 0.3) is 11.8 Å². The lowest BCUT2D eigenvalue weighted by Crippen LogP contribution is -2.48. The first kappa shape index (κ1) is 24.2. The molecule has 0 radical (unpaired) electrons. The van der Waals surface area contributed by atoms with E-state index in [9.17, 15) is 9.59 Å². The highest BCUT2D eigenvalue weighted by Gasteiger charge is 2.12. The molecule has 170 valence electrons. The summed E-state index contributed by atoms with van der Waals surface area (Å²) >= 11 is 8.43. The second-order valence-corrected chi connectivity index (χ2v) is 8.09. The van der Waals surface area contributed by atoms with Crippen molar-refractivity contribution in [2.45, 2.75) is 6.42 Å². The Kier molecular flexibility index (Phi) is 8.79. The summed E-state index contributed by atoms with van der Waals surface area (Å²) in [6.45, 7) is 0.489. The minimum atomic E-state index is -0.428. The minimum Gasteiger partial charge on any atom is -0.496 e. The molecule has 0 aliphatic carbocycles. The van der Waals surface area contributed by atoms with Gasteiger partial charge in [-0.15, -0.1) is 0 Å². The SMILES string of the molecule is COc1ccc(C(=O)NNC(=S)NC(=O)c2cccc(OCCc3ccccc3)c2)cc1Br. The molecule has 3 aromatic carbocycles. The Balaban J connectivity index is 1.48. The summed E-state index contributed by atoms with van der Waals surface area (Å²) in [5, 5.41) is 2.48. The lowest BCUT2D eigenvalue weighted by molar-refractivity contribution is 0.0934. The lowest BCUT2D eigenvalue weighted by Gasteiger charge is -2.12. The van der Waals surface area contributed by atoms with Crippen molar-refractivity contribution in [1.82, 2.24) is 16.2 Å². The number of hydrazine groups is 1. The third kappa shape index (κ3) is 7.30. The van der Waals surface area contributed by atoms with Crippen molar-refractivity contribution in [1.29, 1.82) is 0 Å². The van der Waals surface area contributed by atoms with Crippen LogP contribution >= 0.6 is 28.1 Å². The van der Waals surface area contributed by atoms with Crippen LogP contribution in [0.3, 0.4) is 0 Å². The van der Waals surface area contributed by atoms with Gasteiger partial charge in [-0.25, -0.2) is 0 Å². The first-order valence-corrected chi connectivity index (χ1v) is 11.2. The topological polar surface area (TPSA) is 88.7 Å². The predicted octanol–water partition coefficient (Wildman–Crippen LogP) is 4.03. The summed E-state index contributed by atoms with van der Waals surface area (Å²) in [4.78, 5) is 24.8. The van der Waals surface area contributed by atoms with E-state index < -0.39 is 11.8 Å². The van der Waals surface area contributed by atoms with Crippen molar-refractivity contribution in [2.24, 2.45) is 0 Å². The molecule has 0 bridgehead atoms. The van der Waals surface area contributed by atoms with E-state index in [1.54, 1.807) is 42.5 Å². The quantitative estimate of drug-likeness (QED) is 0.317. The Hall–Kier alpha value is -3.43. The fourth-order valence-electron chi connectivity index (χ4n) is 2.86. The van der Waals surface area contributed by atoms with Gasteiger partial charge in [0.05, 0.1) is 18.2 Å². The van der Waals surface area contributed by atoms with E-state index in [1.165, 1.54) is 12.7 Å². The summed E-state index contributed by atoms with van der Waals surface area (Å²) in [6.07, 6.45) is 0.760. The molecule has 7 nitrogen and oxygen atoms in total. The van der Waals surface area contributed by atoms with Crippen LogP contribution in [0.25, 0.3) is 0 Å². The van der Waals surface area contributed by atoms with Crippen molar-refractivity contribution in [3.8, 4) is 11.5 Å². The van der Waals surface area contributed by atoms with Crippen LogP contribution in [-0.4, -0.2) is 30.6 Å². The number of thiocarbonyl (C=S) groups is 1. The maximum atomic E-state index is 12.5. The average Bonchev–Trinajstić information content (AvgIpc) is 2.83. The molecular formula is C24H22BrN3O4S. The Morgan fingerprint density at radius 1 is 0.909 bits per heavy atom. The van der Waals surface area contributed by atoms with Gasteiger partial charge in [-0.3, -0.25) is 25.8 Å². The molecule has 0 saturated carbocycles. The zero-order valence-corrected chi connectivity index (χ0v) is 20.2. The molecule has 3 rings (SSSR count). The molecule has 0 fully saturated rings. The monoisotopic (exact) mass is 527 g/mol. The van der Waals surface area contributed by atoms with Crippen molar-refractivity contribution >= 4 is 45.1 Å². The Labute approximate surface area is 205 Å². The third-order valence-corrected chi connectivity index (χ3v) is 5.35.